The average Bonchev–Trinajstić information content (AvgIpc) is 2.78. The molecule has 0 saturated carbocycles. The molecule has 1 atom stereocenters. The van der Waals surface area contributed by atoms with Crippen molar-refractivity contribution >= 4 is 34.3 Å². The molecule has 0 unspecified atom stereocenters. The van der Waals surface area contributed by atoms with E-state index in [1.807, 2.05) is 44.2 Å². The zero-order valence-corrected chi connectivity index (χ0v) is 19.6. The summed E-state index contributed by atoms with van der Waals surface area (Å²) in [5, 5.41) is 3.52. The monoisotopic (exact) mass is 455 g/mol. The molecule has 0 saturated heterocycles. The minimum absolute atomic E-state index is 0.108. The van der Waals surface area contributed by atoms with Crippen LogP contribution in [-0.4, -0.2) is 40.5 Å². The maximum atomic E-state index is 13.1. The lowest BCUT2D eigenvalue weighted by molar-refractivity contribution is -0.115. The van der Waals surface area contributed by atoms with Gasteiger partial charge in [-0.15, -0.1) is 0 Å². The number of methoxy groups -OCH3 is 1. The minimum Gasteiger partial charge on any atom is -0.497 e. The van der Waals surface area contributed by atoms with Gasteiger partial charge in [-0.2, -0.15) is 0 Å². The summed E-state index contributed by atoms with van der Waals surface area (Å²) in [5.41, 5.74) is 1.16. The zero-order chi connectivity index (χ0) is 23.1. The van der Waals surface area contributed by atoms with Crippen molar-refractivity contribution in [3.05, 3.63) is 58.9 Å². The Morgan fingerprint density at radius 1 is 1.16 bits per heavy atom. The quantitative estimate of drug-likeness (QED) is 0.278. The van der Waals surface area contributed by atoms with Crippen LogP contribution in [0.4, 0.5) is 5.69 Å². The van der Waals surface area contributed by atoms with Gasteiger partial charge in [0.15, 0.2) is 5.16 Å². The van der Waals surface area contributed by atoms with E-state index in [0.717, 1.165) is 0 Å². The van der Waals surface area contributed by atoms with Gasteiger partial charge in [0.25, 0.3) is 5.56 Å². The van der Waals surface area contributed by atoms with Crippen molar-refractivity contribution in [2.45, 2.75) is 50.2 Å². The number of hydrogen-bond acceptors (Lipinski definition) is 6. The molecule has 1 aromatic heterocycles. The SMILES string of the molecule is COc1cccc(NC(=O)[C@@H](C)Sc2nc3ccccc3c(=O)n2CCCOC(C)C)c1. The number of rotatable bonds is 10. The number of para-hydroxylation sites is 1. The van der Waals surface area contributed by atoms with Crippen LogP contribution in [0.25, 0.3) is 10.9 Å². The average molecular weight is 456 g/mol. The smallest absolute Gasteiger partial charge is 0.262 e. The molecular formula is C24H29N3O4S. The fourth-order valence-corrected chi connectivity index (χ4v) is 4.07. The molecule has 0 aliphatic rings. The molecule has 1 heterocycles. The number of amides is 1. The second-order valence-electron chi connectivity index (χ2n) is 7.62. The van der Waals surface area contributed by atoms with Crippen molar-refractivity contribution in [2.24, 2.45) is 0 Å². The Morgan fingerprint density at radius 3 is 2.69 bits per heavy atom. The van der Waals surface area contributed by atoms with E-state index in [4.69, 9.17) is 14.5 Å². The summed E-state index contributed by atoms with van der Waals surface area (Å²) in [6.07, 6.45) is 0.811. The number of ether oxygens (including phenoxy) is 2. The molecule has 0 aliphatic heterocycles. The molecule has 0 bridgehead atoms. The lowest BCUT2D eigenvalue weighted by atomic mass is 10.2. The summed E-state index contributed by atoms with van der Waals surface area (Å²) in [6, 6.07) is 14.5. The van der Waals surface area contributed by atoms with Gasteiger partial charge in [-0.05, 0) is 51.5 Å². The van der Waals surface area contributed by atoms with Crippen LogP contribution in [0.15, 0.2) is 58.5 Å². The molecule has 170 valence electrons. The van der Waals surface area contributed by atoms with E-state index in [1.165, 1.54) is 11.8 Å². The highest BCUT2D eigenvalue weighted by Crippen LogP contribution is 2.25. The van der Waals surface area contributed by atoms with Crippen LogP contribution < -0.4 is 15.6 Å². The van der Waals surface area contributed by atoms with Crippen molar-refractivity contribution in [2.75, 3.05) is 19.0 Å². The first-order valence-electron chi connectivity index (χ1n) is 10.6. The number of carbonyl (C=O) groups is 1. The van der Waals surface area contributed by atoms with Crippen LogP contribution in [0, 0.1) is 0 Å². The highest BCUT2D eigenvalue weighted by molar-refractivity contribution is 8.00. The van der Waals surface area contributed by atoms with E-state index in [2.05, 4.69) is 5.32 Å². The van der Waals surface area contributed by atoms with Crippen molar-refractivity contribution in [1.29, 1.82) is 0 Å². The first kappa shape index (κ1) is 23.8. The second-order valence-corrected chi connectivity index (χ2v) is 8.93. The second kappa shape index (κ2) is 11.2. The molecule has 7 nitrogen and oxygen atoms in total. The number of fused-ring (bicyclic) bond motifs is 1. The van der Waals surface area contributed by atoms with Crippen molar-refractivity contribution < 1.29 is 14.3 Å². The Balaban J connectivity index is 1.81. The van der Waals surface area contributed by atoms with Gasteiger partial charge in [-0.1, -0.05) is 30.0 Å². The molecule has 0 radical (unpaired) electrons. The predicted octanol–water partition coefficient (Wildman–Crippen LogP) is 4.34. The third-order valence-corrected chi connectivity index (χ3v) is 5.88. The van der Waals surface area contributed by atoms with Crippen molar-refractivity contribution in [1.82, 2.24) is 9.55 Å². The van der Waals surface area contributed by atoms with E-state index in [9.17, 15) is 9.59 Å². The van der Waals surface area contributed by atoms with Gasteiger partial charge in [-0.25, -0.2) is 4.98 Å². The topological polar surface area (TPSA) is 82.5 Å². The predicted molar refractivity (Wildman–Crippen MR) is 129 cm³/mol. The fourth-order valence-electron chi connectivity index (χ4n) is 3.13. The number of thioether (sulfide) groups is 1. The maximum Gasteiger partial charge on any atom is 0.262 e. The van der Waals surface area contributed by atoms with Gasteiger partial charge in [0.2, 0.25) is 5.91 Å². The summed E-state index contributed by atoms with van der Waals surface area (Å²) in [7, 11) is 1.58. The van der Waals surface area contributed by atoms with E-state index in [0.29, 0.717) is 47.1 Å². The first-order chi connectivity index (χ1) is 15.4. The highest BCUT2D eigenvalue weighted by Gasteiger charge is 2.20. The van der Waals surface area contributed by atoms with Gasteiger partial charge in [0.1, 0.15) is 5.75 Å². The largest absolute Gasteiger partial charge is 0.497 e. The van der Waals surface area contributed by atoms with Gasteiger partial charge in [0, 0.05) is 24.9 Å². The molecule has 2 aromatic carbocycles. The van der Waals surface area contributed by atoms with E-state index in [1.54, 1.807) is 36.8 Å². The molecule has 0 spiro atoms. The van der Waals surface area contributed by atoms with E-state index in [-0.39, 0.29) is 17.6 Å². The van der Waals surface area contributed by atoms with Crippen LogP contribution in [0.3, 0.4) is 0 Å². The van der Waals surface area contributed by atoms with Crippen LogP contribution in [0.2, 0.25) is 0 Å². The number of benzene rings is 2. The fraction of sp³-hybridized carbons (Fsp3) is 0.375. The van der Waals surface area contributed by atoms with E-state index >= 15 is 0 Å². The van der Waals surface area contributed by atoms with Gasteiger partial charge < -0.3 is 14.8 Å². The van der Waals surface area contributed by atoms with Crippen LogP contribution >= 0.6 is 11.8 Å². The summed E-state index contributed by atoms with van der Waals surface area (Å²) >= 11 is 1.27. The van der Waals surface area contributed by atoms with Crippen LogP contribution in [-0.2, 0) is 16.1 Å². The number of hydrogen-bond donors (Lipinski definition) is 1. The summed E-state index contributed by atoms with van der Waals surface area (Å²) < 4.78 is 12.5. The third kappa shape index (κ3) is 6.11. The number of nitrogens with zero attached hydrogens (tertiary/aromatic N) is 2. The van der Waals surface area contributed by atoms with Crippen LogP contribution in [0.1, 0.15) is 27.2 Å². The van der Waals surface area contributed by atoms with E-state index < -0.39 is 5.25 Å². The number of aromatic nitrogens is 2. The summed E-state index contributed by atoms with van der Waals surface area (Å²) in [5.74, 6) is 0.483. The van der Waals surface area contributed by atoms with Gasteiger partial charge in [-0.3, -0.25) is 14.2 Å². The Bertz CT molecular complexity index is 1130. The molecule has 3 rings (SSSR count). The van der Waals surface area contributed by atoms with Gasteiger partial charge in [0.05, 0.1) is 29.4 Å². The van der Waals surface area contributed by atoms with Crippen LogP contribution in [0.5, 0.6) is 5.75 Å². The number of carbonyl (C=O) groups excluding carboxylic acids is 1. The molecule has 0 fully saturated rings. The normalized spacial score (nSPS) is 12.2. The zero-order valence-electron chi connectivity index (χ0n) is 18.8. The molecule has 0 aliphatic carbocycles. The summed E-state index contributed by atoms with van der Waals surface area (Å²) in [4.78, 5) is 30.6. The Labute approximate surface area is 192 Å². The van der Waals surface area contributed by atoms with Crippen molar-refractivity contribution in [3.8, 4) is 5.75 Å². The number of anilines is 1. The Morgan fingerprint density at radius 2 is 1.94 bits per heavy atom. The third-order valence-electron chi connectivity index (χ3n) is 4.79. The standard InChI is InChI=1S/C24H29N3O4S/c1-16(2)31-14-8-13-27-23(29)20-11-5-6-12-21(20)26-24(27)32-17(3)22(28)25-18-9-7-10-19(15-18)30-4/h5-7,9-12,15-17H,8,13-14H2,1-4H3,(H,25,28)/t17-/m1/s1. The van der Waals surface area contributed by atoms with Gasteiger partial charge >= 0.3 is 0 Å². The first-order valence-corrected chi connectivity index (χ1v) is 11.5. The lowest BCUT2D eigenvalue weighted by Gasteiger charge is -2.17. The lowest BCUT2D eigenvalue weighted by Crippen LogP contribution is -2.27. The Hall–Kier alpha value is -2.84. The van der Waals surface area contributed by atoms with Crippen molar-refractivity contribution in [3.63, 3.8) is 0 Å². The molecule has 1 amide bonds. The molecule has 1 N–H and O–H groups in total. The molecule has 3 aromatic rings. The summed E-state index contributed by atoms with van der Waals surface area (Å²) in [6.45, 7) is 6.78. The molecule has 8 heteroatoms. The maximum absolute atomic E-state index is 13.1. The minimum atomic E-state index is -0.465. The Kier molecular flexibility index (Phi) is 8.30. The molecule has 32 heavy (non-hydrogen) atoms. The highest BCUT2D eigenvalue weighted by atomic mass is 32.2. The molecular weight excluding hydrogens is 426 g/mol. The number of nitrogens with one attached hydrogen (secondary N) is 1.